The second-order valence-corrected chi connectivity index (χ2v) is 4.66. The number of halogens is 2. The summed E-state index contributed by atoms with van der Waals surface area (Å²) in [6.07, 6.45) is 0. The fourth-order valence-corrected chi connectivity index (χ4v) is 3.75. The third-order valence-corrected chi connectivity index (χ3v) is 4.07. The zero-order valence-electron chi connectivity index (χ0n) is 7.80. The molecule has 0 saturated heterocycles. The van der Waals surface area contributed by atoms with Crippen molar-refractivity contribution in [1.82, 2.24) is 0 Å². The van der Waals surface area contributed by atoms with Gasteiger partial charge in [0.25, 0.3) is 0 Å². The topological polar surface area (TPSA) is 26.3 Å². The molecule has 0 aliphatic carbocycles. The van der Waals surface area contributed by atoms with Gasteiger partial charge in [-0.05, 0) is 11.6 Å². The van der Waals surface area contributed by atoms with Crippen molar-refractivity contribution < 1.29 is 9.53 Å². The fraction of sp³-hybridized carbons (Fsp3) is 0.182. The Morgan fingerprint density at radius 2 is 1.73 bits per heavy atom. The fourth-order valence-electron chi connectivity index (χ4n) is 1.48. The van der Waals surface area contributed by atoms with Crippen LogP contribution in [0.2, 0.25) is 0 Å². The highest BCUT2D eigenvalue weighted by Crippen LogP contribution is 2.32. The number of ether oxygens (including phenoxy) is 1. The number of hydrogen-bond donors (Lipinski definition) is 0. The molecule has 1 aliphatic heterocycles. The highest BCUT2D eigenvalue weighted by atomic mass is 127. The minimum atomic E-state index is -0.229. The van der Waals surface area contributed by atoms with E-state index in [-0.39, 0.29) is 5.97 Å². The van der Waals surface area contributed by atoms with Gasteiger partial charge in [-0.2, -0.15) is 0 Å². The number of carbonyl (C=O) groups excluding carboxylic acids is 1. The Kier molecular flexibility index (Phi) is 3.65. The molecule has 1 aromatic carbocycles. The molecular weight excluding hydrogens is 418 g/mol. The molecule has 2 nitrogen and oxygen atoms in total. The van der Waals surface area contributed by atoms with Crippen LogP contribution in [0.25, 0.3) is 5.76 Å². The van der Waals surface area contributed by atoms with Gasteiger partial charge in [0.15, 0.2) is 0 Å². The van der Waals surface area contributed by atoms with Crippen molar-refractivity contribution in [3.8, 4) is 0 Å². The lowest BCUT2D eigenvalue weighted by atomic mass is 10.1. The molecule has 15 heavy (non-hydrogen) atoms. The normalized spacial score (nSPS) is 13.7. The predicted molar refractivity (Wildman–Crippen MR) is 76.6 cm³/mol. The van der Waals surface area contributed by atoms with Crippen molar-refractivity contribution in [1.29, 1.82) is 0 Å². The van der Waals surface area contributed by atoms with Crippen LogP contribution in [0.4, 0.5) is 0 Å². The van der Waals surface area contributed by atoms with Crippen LogP contribution in [0.3, 0.4) is 0 Å². The zero-order valence-corrected chi connectivity index (χ0v) is 12.1. The molecule has 0 radical (unpaired) electrons. The summed E-state index contributed by atoms with van der Waals surface area (Å²) in [5.41, 5.74) is 2.79. The second kappa shape index (κ2) is 4.82. The van der Waals surface area contributed by atoms with Crippen molar-refractivity contribution >= 4 is 56.9 Å². The van der Waals surface area contributed by atoms with E-state index < -0.39 is 0 Å². The summed E-state index contributed by atoms with van der Waals surface area (Å²) in [5, 5.41) is 0. The van der Waals surface area contributed by atoms with Crippen molar-refractivity contribution in [2.45, 2.75) is 0 Å². The molecular formula is C11H8I2O2. The summed E-state index contributed by atoms with van der Waals surface area (Å²) in [6, 6.07) is 7.53. The molecule has 0 atom stereocenters. The average Bonchev–Trinajstić information content (AvgIpc) is 2.60. The molecule has 0 unspecified atom stereocenters. The minimum absolute atomic E-state index is 0.229. The van der Waals surface area contributed by atoms with Crippen LogP contribution in [0.5, 0.6) is 0 Å². The van der Waals surface area contributed by atoms with Crippen LogP contribution in [-0.4, -0.2) is 14.8 Å². The Labute approximate surface area is 115 Å². The van der Waals surface area contributed by atoms with Crippen LogP contribution in [-0.2, 0) is 4.74 Å². The van der Waals surface area contributed by atoms with Crippen LogP contribution in [0.15, 0.2) is 29.8 Å². The van der Waals surface area contributed by atoms with E-state index in [0.29, 0.717) is 5.56 Å². The van der Waals surface area contributed by atoms with E-state index in [2.05, 4.69) is 45.2 Å². The van der Waals surface area contributed by atoms with Crippen LogP contribution in [0, 0.1) is 0 Å². The maximum atomic E-state index is 11.6. The minimum Gasteiger partial charge on any atom is -0.422 e. The molecule has 0 saturated carbocycles. The number of alkyl halides is 2. The van der Waals surface area contributed by atoms with Gasteiger partial charge in [-0.25, -0.2) is 4.79 Å². The standard InChI is InChI=1S/C11H8I2O2/c12-5-7(6-13)10-8-3-1-2-4-9(8)11(14)15-10/h1-4H,5-6H2. The van der Waals surface area contributed by atoms with Gasteiger partial charge >= 0.3 is 5.97 Å². The summed E-state index contributed by atoms with van der Waals surface area (Å²) >= 11 is 4.58. The Bertz CT molecular complexity index is 432. The maximum Gasteiger partial charge on any atom is 0.344 e. The van der Waals surface area contributed by atoms with Gasteiger partial charge in [0.2, 0.25) is 0 Å². The number of rotatable bonds is 2. The third kappa shape index (κ3) is 2.06. The zero-order chi connectivity index (χ0) is 10.8. The predicted octanol–water partition coefficient (Wildman–Crippen LogP) is 3.44. The van der Waals surface area contributed by atoms with Gasteiger partial charge in [-0.3, -0.25) is 0 Å². The van der Waals surface area contributed by atoms with E-state index in [0.717, 1.165) is 20.2 Å². The number of allylic oxidation sites excluding steroid dienone is 1. The first-order chi connectivity index (χ1) is 7.27. The molecule has 0 fully saturated rings. The van der Waals surface area contributed by atoms with E-state index in [1.165, 1.54) is 5.57 Å². The SMILES string of the molecule is O=C1OC(=C(CI)CI)c2ccccc21. The maximum absolute atomic E-state index is 11.6. The first kappa shape index (κ1) is 11.4. The lowest BCUT2D eigenvalue weighted by Gasteiger charge is -2.04. The van der Waals surface area contributed by atoms with Gasteiger partial charge in [0.05, 0.1) is 5.56 Å². The first-order valence-corrected chi connectivity index (χ1v) is 7.48. The average molecular weight is 426 g/mol. The molecule has 2 rings (SSSR count). The summed E-state index contributed by atoms with van der Waals surface area (Å²) in [6.45, 7) is 0. The van der Waals surface area contributed by atoms with Gasteiger partial charge in [-0.15, -0.1) is 0 Å². The van der Waals surface area contributed by atoms with E-state index in [9.17, 15) is 4.79 Å². The molecule has 0 spiro atoms. The number of fused-ring (bicyclic) bond motifs is 1. The number of carbonyl (C=O) groups is 1. The number of cyclic esters (lactones) is 1. The molecule has 0 aromatic heterocycles. The summed E-state index contributed by atoms with van der Waals surface area (Å²) < 4.78 is 7.08. The van der Waals surface area contributed by atoms with E-state index >= 15 is 0 Å². The molecule has 4 heteroatoms. The number of hydrogen-bond acceptors (Lipinski definition) is 2. The van der Waals surface area contributed by atoms with Crippen molar-refractivity contribution in [2.75, 3.05) is 8.86 Å². The summed E-state index contributed by atoms with van der Waals surface area (Å²) in [4.78, 5) is 11.6. The highest BCUT2D eigenvalue weighted by molar-refractivity contribution is 14.1. The highest BCUT2D eigenvalue weighted by Gasteiger charge is 2.27. The van der Waals surface area contributed by atoms with E-state index in [1.54, 1.807) is 0 Å². The Morgan fingerprint density at radius 3 is 2.33 bits per heavy atom. The van der Waals surface area contributed by atoms with Gasteiger partial charge in [0.1, 0.15) is 5.76 Å². The molecule has 0 bridgehead atoms. The number of esters is 1. The second-order valence-electron chi connectivity index (χ2n) is 3.14. The third-order valence-electron chi connectivity index (χ3n) is 2.23. The lowest BCUT2D eigenvalue weighted by Crippen LogP contribution is -1.95. The first-order valence-electron chi connectivity index (χ1n) is 4.43. The Morgan fingerprint density at radius 1 is 1.13 bits per heavy atom. The quantitative estimate of drug-likeness (QED) is 0.412. The van der Waals surface area contributed by atoms with Gasteiger partial charge in [0, 0.05) is 14.4 Å². The summed E-state index contributed by atoms with van der Waals surface area (Å²) in [7, 11) is 0. The monoisotopic (exact) mass is 426 g/mol. The molecule has 0 amide bonds. The van der Waals surface area contributed by atoms with Gasteiger partial charge < -0.3 is 4.74 Å². The summed E-state index contributed by atoms with van der Waals surface area (Å²) in [5.74, 6) is 0.534. The van der Waals surface area contributed by atoms with Crippen molar-refractivity contribution in [3.05, 3.63) is 41.0 Å². The molecule has 0 N–H and O–H groups in total. The van der Waals surface area contributed by atoms with Gasteiger partial charge in [-0.1, -0.05) is 63.4 Å². The molecule has 1 heterocycles. The van der Waals surface area contributed by atoms with Crippen LogP contribution in [0.1, 0.15) is 15.9 Å². The van der Waals surface area contributed by atoms with Crippen LogP contribution < -0.4 is 0 Å². The van der Waals surface area contributed by atoms with E-state index in [1.807, 2.05) is 24.3 Å². The Hall–Kier alpha value is -0.110. The molecule has 1 aromatic rings. The smallest absolute Gasteiger partial charge is 0.344 e. The Balaban J connectivity index is 2.58. The number of benzene rings is 1. The lowest BCUT2D eigenvalue weighted by molar-refractivity contribution is 0.0714. The molecule has 1 aliphatic rings. The van der Waals surface area contributed by atoms with Crippen molar-refractivity contribution in [3.63, 3.8) is 0 Å². The largest absolute Gasteiger partial charge is 0.422 e. The van der Waals surface area contributed by atoms with Crippen molar-refractivity contribution in [2.24, 2.45) is 0 Å². The molecule has 78 valence electrons. The van der Waals surface area contributed by atoms with E-state index in [4.69, 9.17) is 4.74 Å². The van der Waals surface area contributed by atoms with Crippen LogP contribution >= 0.6 is 45.2 Å².